The summed E-state index contributed by atoms with van der Waals surface area (Å²) in [5.74, 6) is 0.750. The van der Waals surface area contributed by atoms with E-state index in [4.69, 9.17) is 0 Å². The van der Waals surface area contributed by atoms with Crippen LogP contribution in [-0.4, -0.2) is 36.6 Å². The number of hydrogen-bond acceptors (Lipinski definition) is 3. The minimum Gasteiger partial charge on any atom is -0.300 e. The first-order chi connectivity index (χ1) is 8.05. The van der Waals surface area contributed by atoms with Crippen molar-refractivity contribution < 1.29 is 0 Å². The van der Waals surface area contributed by atoms with Gasteiger partial charge in [-0.3, -0.25) is 5.32 Å². The molecule has 1 unspecified atom stereocenters. The number of nitriles is 1. The number of nitrogens with one attached hydrogen (secondary N) is 1. The third kappa shape index (κ3) is 6.05. The van der Waals surface area contributed by atoms with Crippen molar-refractivity contribution in [2.24, 2.45) is 5.92 Å². The molecule has 1 N–H and O–H groups in total. The fourth-order valence-corrected chi connectivity index (χ4v) is 2.19. The normalized spacial score (nSPS) is 14.9. The highest BCUT2D eigenvalue weighted by Gasteiger charge is 2.25. The molecule has 0 rings (SSSR count). The lowest BCUT2D eigenvalue weighted by Crippen LogP contribution is -2.51. The van der Waals surface area contributed by atoms with Crippen LogP contribution in [0, 0.1) is 17.2 Å². The molecule has 0 amide bonds. The van der Waals surface area contributed by atoms with Crippen LogP contribution in [0.5, 0.6) is 0 Å². The molecule has 0 bridgehead atoms. The summed E-state index contributed by atoms with van der Waals surface area (Å²) in [6.07, 6.45) is 2.44. The van der Waals surface area contributed by atoms with Crippen molar-refractivity contribution in [3.05, 3.63) is 0 Å². The van der Waals surface area contributed by atoms with Gasteiger partial charge in [-0.2, -0.15) is 5.26 Å². The second-order valence-electron chi connectivity index (χ2n) is 4.98. The first-order valence-corrected chi connectivity index (χ1v) is 6.93. The second-order valence-corrected chi connectivity index (χ2v) is 4.98. The molecule has 0 radical (unpaired) electrons. The molecule has 0 heterocycles. The highest BCUT2D eigenvalue weighted by molar-refractivity contribution is 5.05. The molecule has 0 fully saturated rings. The fraction of sp³-hybridized carbons (Fsp3) is 0.929. The Labute approximate surface area is 107 Å². The lowest BCUT2D eigenvalue weighted by atomic mass is 10.00. The number of rotatable bonds is 9. The molecular weight excluding hydrogens is 210 g/mol. The van der Waals surface area contributed by atoms with Gasteiger partial charge in [0.15, 0.2) is 0 Å². The highest BCUT2D eigenvalue weighted by atomic mass is 15.2. The largest absolute Gasteiger partial charge is 0.300 e. The molecule has 0 aromatic rings. The molecule has 0 aliphatic carbocycles. The average molecular weight is 239 g/mol. The Hall–Kier alpha value is -0.590. The Morgan fingerprint density at radius 3 is 2.18 bits per heavy atom. The van der Waals surface area contributed by atoms with Gasteiger partial charge in [-0.15, -0.1) is 0 Å². The van der Waals surface area contributed by atoms with Crippen molar-refractivity contribution in [2.45, 2.75) is 53.0 Å². The summed E-state index contributed by atoms with van der Waals surface area (Å²) in [6.45, 7) is 14.5. The summed E-state index contributed by atoms with van der Waals surface area (Å²) >= 11 is 0. The van der Waals surface area contributed by atoms with E-state index in [-0.39, 0.29) is 0 Å². The van der Waals surface area contributed by atoms with Crippen LogP contribution < -0.4 is 5.32 Å². The lowest BCUT2D eigenvalue weighted by Gasteiger charge is -2.32. The van der Waals surface area contributed by atoms with Gasteiger partial charge in [-0.1, -0.05) is 40.5 Å². The third-order valence-corrected chi connectivity index (χ3v) is 3.47. The number of likely N-dealkylation sites (N-methyl/N-ethyl adjacent to an activating group) is 2. The monoisotopic (exact) mass is 239 g/mol. The van der Waals surface area contributed by atoms with Gasteiger partial charge in [0.1, 0.15) is 5.54 Å². The summed E-state index contributed by atoms with van der Waals surface area (Å²) in [5, 5.41) is 12.6. The van der Waals surface area contributed by atoms with Crippen molar-refractivity contribution >= 4 is 0 Å². The van der Waals surface area contributed by atoms with E-state index in [1.807, 2.05) is 13.8 Å². The molecule has 0 aliphatic rings. The van der Waals surface area contributed by atoms with Crippen molar-refractivity contribution in [3.8, 4) is 6.07 Å². The first-order valence-electron chi connectivity index (χ1n) is 6.93. The van der Waals surface area contributed by atoms with Crippen molar-refractivity contribution in [3.63, 3.8) is 0 Å². The Morgan fingerprint density at radius 2 is 1.82 bits per heavy atom. The minimum atomic E-state index is -0.420. The van der Waals surface area contributed by atoms with Crippen molar-refractivity contribution in [2.75, 3.05) is 26.2 Å². The zero-order chi connectivity index (χ0) is 13.3. The van der Waals surface area contributed by atoms with Gasteiger partial charge >= 0.3 is 0 Å². The quantitative estimate of drug-likeness (QED) is 0.672. The van der Waals surface area contributed by atoms with E-state index < -0.39 is 5.54 Å². The van der Waals surface area contributed by atoms with E-state index in [0.29, 0.717) is 0 Å². The van der Waals surface area contributed by atoms with Crippen LogP contribution in [0.1, 0.15) is 47.5 Å². The van der Waals surface area contributed by atoms with Gasteiger partial charge in [0.25, 0.3) is 0 Å². The number of hydrogen-bond donors (Lipinski definition) is 1. The molecule has 0 saturated heterocycles. The zero-order valence-corrected chi connectivity index (χ0v) is 12.2. The van der Waals surface area contributed by atoms with Gasteiger partial charge in [-0.25, -0.2) is 0 Å². The molecule has 1 atom stereocenters. The molecular formula is C14H29N3. The Bertz CT molecular complexity index is 230. The van der Waals surface area contributed by atoms with E-state index in [9.17, 15) is 5.26 Å². The maximum absolute atomic E-state index is 9.27. The van der Waals surface area contributed by atoms with Gasteiger partial charge < -0.3 is 4.90 Å². The Morgan fingerprint density at radius 1 is 1.24 bits per heavy atom. The van der Waals surface area contributed by atoms with Crippen LogP contribution in [-0.2, 0) is 0 Å². The molecule has 0 aromatic heterocycles. The van der Waals surface area contributed by atoms with Crippen LogP contribution in [0.15, 0.2) is 0 Å². The van der Waals surface area contributed by atoms with E-state index in [1.165, 1.54) is 12.8 Å². The van der Waals surface area contributed by atoms with E-state index >= 15 is 0 Å². The van der Waals surface area contributed by atoms with Crippen LogP contribution in [0.2, 0.25) is 0 Å². The Kier molecular flexibility index (Phi) is 8.20. The van der Waals surface area contributed by atoms with Gasteiger partial charge in [-0.05, 0) is 25.9 Å². The second kappa shape index (κ2) is 8.49. The predicted octanol–water partition coefficient (Wildman–Crippen LogP) is 2.64. The summed E-state index contributed by atoms with van der Waals surface area (Å²) in [7, 11) is 0. The molecule has 0 aliphatic heterocycles. The predicted molar refractivity (Wildman–Crippen MR) is 73.9 cm³/mol. The van der Waals surface area contributed by atoms with E-state index in [2.05, 4.69) is 37.1 Å². The van der Waals surface area contributed by atoms with Crippen molar-refractivity contribution in [1.29, 1.82) is 5.26 Å². The third-order valence-electron chi connectivity index (χ3n) is 3.47. The summed E-state index contributed by atoms with van der Waals surface area (Å²) in [6, 6.07) is 2.40. The maximum Gasteiger partial charge on any atom is 0.116 e. The van der Waals surface area contributed by atoms with Crippen molar-refractivity contribution in [1.82, 2.24) is 10.2 Å². The van der Waals surface area contributed by atoms with E-state index in [1.54, 1.807) is 0 Å². The molecule has 0 saturated carbocycles. The lowest BCUT2D eigenvalue weighted by molar-refractivity contribution is 0.194. The summed E-state index contributed by atoms with van der Waals surface area (Å²) in [4.78, 5) is 2.39. The SMILES string of the molecule is CCNC(C)(C#N)CN(CC)CC(CC)CC. The number of nitrogens with zero attached hydrogens (tertiary/aromatic N) is 2. The molecule has 0 aromatic carbocycles. The van der Waals surface area contributed by atoms with Crippen LogP contribution in [0.4, 0.5) is 0 Å². The molecule has 3 heteroatoms. The summed E-state index contributed by atoms with van der Waals surface area (Å²) in [5.41, 5.74) is -0.420. The first kappa shape index (κ1) is 16.4. The molecule has 17 heavy (non-hydrogen) atoms. The highest BCUT2D eigenvalue weighted by Crippen LogP contribution is 2.13. The smallest absolute Gasteiger partial charge is 0.116 e. The minimum absolute atomic E-state index is 0.420. The average Bonchev–Trinajstić information content (AvgIpc) is 2.34. The fourth-order valence-electron chi connectivity index (χ4n) is 2.19. The Balaban J connectivity index is 4.42. The molecule has 100 valence electrons. The maximum atomic E-state index is 9.27. The van der Waals surface area contributed by atoms with Crippen LogP contribution in [0.3, 0.4) is 0 Å². The summed E-state index contributed by atoms with van der Waals surface area (Å²) < 4.78 is 0. The van der Waals surface area contributed by atoms with Crippen LogP contribution >= 0.6 is 0 Å². The van der Waals surface area contributed by atoms with Gasteiger partial charge in [0.2, 0.25) is 0 Å². The zero-order valence-electron chi connectivity index (χ0n) is 12.2. The molecule has 0 spiro atoms. The molecule has 3 nitrogen and oxygen atoms in total. The topological polar surface area (TPSA) is 39.1 Å². The van der Waals surface area contributed by atoms with E-state index in [0.717, 1.165) is 32.1 Å². The van der Waals surface area contributed by atoms with Gasteiger partial charge in [0.05, 0.1) is 6.07 Å². The van der Waals surface area contributed by atoms with Crippen LogP contribution in [0.25, 0.3) is 0 Å². The van der Waals surface area contributed by atoms with Gasteiger partial charge in [0, 0.05) is 13.1 Å². The standard InChI is InChI=1S/C14H29N3/c1-6-13(7-2)10-17(9-4)12-14(5,11-15)16-8-3/h13,16H,6-10,12H2,1-5H3.